The first-order chi connectivity index (χ1) is 10.6. The summed E-state index contributed by atoms with van der Waals surface area (Å²) in [7, 11) is 1.83. The van der Waals surface area contributed by atoms with Crippen LogP contribution in [0.1, 0.15) is 31.9 Å². The molecule has 1 amide bonds. The number of aromatic nitrogens is 2. The summed E-state index contributed by atoms with van der Waals surface area (Å²) in [6, 6.07) is 8.35. The van der Waals surface area contributed by atoms with Gasteiger partial charge in [0, 0.05) is 31.8 Å². The summed E-state index contributed by atoms with van der Waals surface area (Å²) in [5.41, 5.74) is 2.83. The molecule has 0 aliphatic rings. The monoisotopic (exact) mass is 303 g/mol. The molecular weight excluding hydrogens is 281 g/mol. The normalized spacial score (nSPS) is 10.7. The molecule has 2 aromatic rings. The van der Waals surface area contributed by atoms with Gasteiger partial charge in [0.1, 0.15) is 5.82 Å². The lowest BCUT2D eigenvalue weighted by atomic mass is 10.1. The molecule has 0 saturated heterocycles. The summed E-state index contributed by atoms with van der Waals surface area (Å²) in [6.45, 7) is 2.39. The third-order valence-electron chi connectivity index (χ3n) is 3.75. The number of halogens is 1. The molecule has 0 atom stereocenters. The van der Waals surface area contributed by atoms with Crippen molar-refractivity contribution >= 4 is 5.91 Å². The molecule has 1 heterocycles. The zero-order valence-corrected chi connectivity index (χ0v) is 13.1. The predicted molar refractivity (Wildman–Crippen MR) is 84.8 cm³/mol. The van der Waals surface area contributed by atoms with Crippen LogP contribution in [0, 0.1) is 5.82 Å². The van der Waals surface area contributed by atoms with Crippen molar-refractivity contribution in [1.82, 2.24) is 15.1 Å². The largest absolute Gasteiger partial charge is 0.346 e. The van der Waals surface area contributed by atoms with E-state index in [4.69, 9.17) is 0 Å². The van der Waals surface area contributed by atoms with Gasteiger partial charge in [-0.15, -0.1) is 0 Å². The number of hydrogen-bond acceptors (Lipinski definition) is 2. The highest BCUT2D eigenvalue weighted by Gasteiger charge is 2.05. The fourth-order valence-electron chi connectivity index (χ4n) is 2.26. The molecule has 0 bridgehead atoms. The molecule has 0 radical (unpaired) electrons. The van der Waals surface area contributed by atoms with Crippen LogP contribution < -0.4 is 0 Å². The summed E-state index contributed by atoms with van der Waals surface area (Å²) in [5, 5.41) is 7.29. The maximum Gasteiger partial charge on any atom is 0.219 e. The van der Waals surface area contributed by atoms with Crippen LogP contribution in [0.25, 0.3) is 11.3 Å². The minimum atomic E-state index is -0.241. The average Bonchev–Trinajstić information content (AvgIpc) is 2.96. The van der Waals surface area contributed by atoms with Crippen molar-refractivity contribution in [3.63, 3.8) is 0 Å². The van der Waals surface area contributed by atoms with Gasteiger partial charge in [0.05, 0.1) is 5.69 Å². The number of hydrogen-bond donors (Lipinski definition) is 1. The van der Waals surface area contributed by atoms with Crippen LogP contribution in [0.15, 0.2) is 30.3 Å². The van der Waals surface area contributed by atoms with Gasteiger partial charge in [-0.25, -0.2) is 4.39 Å². The van der Waals surface area contributed by atoms with Crippen LogP contribution in [0.5, 0.6) is 0 Å². The number of carbonyl (C=O) groups is 1. The Balaban J connectivity index is 1.76. The van der Waals surface area contributed by atoms with Gasteiger partial charge in [-0.2, -0.15) is 5.10 Å². The summed E-state index contributed by atoms with van der Waals surface area (Å²) in [6.07, 6.45) is 4.06. The molecule has 22 heavy (non-hydrogen) atoms. The topological polar surface area (TPSA) is 49.0 Å². The second kappa shape index (κ2) is 7.73. The number of aryl methyl sites for hydroxylation is 1. The van der Waals surface area contributed by atoms with E-state index in [9.17, 15) is 9.18 Å². The molecule has 0 aliphatic carbocycles. The Kier molecular flexibility index (Phi) is 5.69. The number of H-pyrrole nitrogens is 1. The SMILES string of the molecule is CC(=O)N(C)CCCCCc1cc(-c2ccc(F)cc2)n[nH]1. The Bertz CT molecular complexity index is 607. The van der Waals surface area contributed by atoms with Crippen LogP contribution in [0.3, 0.4) is 0 Å². The van der Waals surface area contributed by atoms with Crippen molar-refractivity contribution in [2.24, 2.45) is 0 Å². The van der Waals surface area contributed by atoms with Crippen molar-refractivity contribution in [3.05, 3.63) is 41.8 Å². The molecule has 1 aromatic heterocycles. The Morgan fingerprint density at radius 1 is 1.23 bits per heavy atom. The zero-order chi connectivity index (χ0) is 15.9. The third kappa shape index (κ3) is 4.69. The van der Waals surface area contributed by atoms with Crippen LogP contribution in [0.4, 0.5) is 4.39 Å². The van der Waals surface area contributed by atoms with Crippen LogP contribution in [0.2, 0.25) is 0 Å². The van der Waals surface area contributed by atoms with E-state index in [-0.39, 0.29) is 11.7 Å². The van der Waals surface area contributed by atoms with Gasteiger partial charge < -0.3 is 4.90 Å². The molecule has 4 nitrogen and oxygen atoms in total. The number of aromatic amines is 1. The quantitative estimate of drug-likeness (QED) is 0.797. The van der Waals surface area contributed by atoms with Gasteiger partial charge >= 0.3 is 0 Å². The lowest BCUT2D eigenvalue weighted by molar-refractivity contribution is -0.127. The van der Waals surface area contributed by atoms with E-state index in [0.29, 0.717) is 0 Å². The second-order valence-electron chi connectivity index (χ2n) is 5.54. The summed E-state index contributed by atoms with van der Waals surface area (Å²) >= 11 is 0. The van der Waals surface area contributed by atoms with E-state index in [1.54, 1.807) is 24.0 Å². The maximum atomic E-state index is 12.9. The van der Waals surface area contributed by atoms with Gasteiger partial charge in [-0.3, -0.25) is 9.89 Å². The van der Waals surface area contributed by atoms with Crippen molar-refractivity contribution in [1.29, 1.82) is 0 Å². The van der Waals surface area contributed by atoms with E-state index >= 15 is 0 Å². The molecule has 0 fully saturated rings. The van der Waals surface area contributed by atoms with E-state index in [1.165, 1.54) is 12.1 Å². The van der Waals surface area contributed by atoms with E-state index in [0.717, 1.165) is 49.2 Å². The fraction of sp³-hybridized carbons (Fsp3) is 0.412. The highest BCUT2D eigenvalue weighted by molar-refractivity contribution is 5.72. The molecule has 5 heteroatoms. The smallest absolute Gasteiger partial charge is 0.219 e. The van der Waals surface area contributed by atoms with Crippen LogP contribution in [-0.2, 0) is 11.2 Å². The summed E-state index contributed by atoms with van der Waals surface area (Å²) < 4.78 is 12.9. The molecule has 1 aromatic carbocycles. The first kappa shape index (κ1) is 16.2. The minimum absolute atomic E-state index is 0.109. The van der Waals surface area contributed by atoms with Crippen molar-refractivity contribution in [3.8, 4) is 11.3 Å². The lowest BCUT2D eigenvalue weighted by Crippen LogP contribution is -2.24. The number of benzene rings is 1. The Hall–Kier alpha value is -2.17. The highest BCUT2D eigenvalue weighted by Crippen LogP contribution is 2.18. The number of nitrogens with zero attached hydrogens (tertiary/aromatic N) is 2. The Morgan fingerprint density at radius 3 is 2.64 bits per heavy atom. The second-order valence-corrected chi connectivity index (χ2v) is 5.54. The number of rotatable bonds is 7. The molecule has 1 N–H and O–H groups in total. The van der Waals surface area contributed by atoms with Crippen LogP contribution >= 0.6 is 0 Å². The molecule has 2 rings (SSSR count). The predicted octanol–water partition coefficient (Wildman–Crippen LogP) is 3.41. The number of amides is 1. The lowest BCUT2D eigenvalue weighted by Gasteiger charge is -2.13. The van der Waals surface area contributed by atoms with Gasteiger partial charge in [0.15, 0.2) is 0 Å². The van der Waals surface area contributed by atoms with Gasteiger partial charge in [0.2, 0.25) is 5.91 Å². The first-order valence-electron chi connectivity index (χ1n) is 7.58. The van der Waals surface area contributed by atoms with Gasteiger partial charge in [0.25, 0.3) is 0 Å². The average molecular weight is 303 g/mol. The van der Waals surface area contributed by atoms with E-state index in [1.807, 2.05) is 13.1 Å². The molecule has 118 valence electrons. The van der Waals surface area contributed by atoms with Crippen molar-refractivity contribution in [2.75, 3.05) is 13.6 Å². The zero-order valence-electron chi connectivity index (χ0n) is 13.1. The summed E-state index contributed by atoms with van der Waals surface area (Å²) in [4.78, 5) is 12.8. The Morgan fingerprint density at radius 2 is 1.95 bits per heavy atom. The van der Waals surface area contributed by atoms with Gasteiger partial charge in [-0.1, -0.05) is 6.42 Å². The molecule has 0 aliphatic heterocycles. The van der Waals surface area contributed by atoms with Crippen molar-refractivity contribution < 1.29 is 9.18 Å². The minimum Gasteiger partial charge on any atom is -0.346 e. The molecule has 0 spiro atoms. The summed E-state index contributed by atoms with van der Waals surface area (Å²) in [5.74, 6) is -0.132. The number of unbranched alkanes of at least 4 members (excludes halogenated alkanes) is 2. The number of nitrogens with one attached hydrogen (secondary N) is 1. The first-order valence-corrected chi connectivity index (χ1v) is 7.58. The third-order valence-corrected chi connectivity index (χ3v) is 3.75. The number of carbonyl (C=O) groups excluding carboxylic acids is 1. The molecule has 0 unspecified atom stereocenters. The highest BCUT2D eigenvalue weighted by atomic mass is 19.1. The standard InChI is InChI=1S/C17H22FN3O/c1-13(22)21(2)11-5-3-4-6-16-12-17(20-19-16)14-7-9-15(18)10-8-14/h7-10,12H,3-6,11H2,1-2H3,(H,19,20). The maximum absolute atomic E-state index is 12.9. The van der Waals surface area contributed by atoms with E-state index in [2.05, 4.69) is 10.2 Å². The fourth-order valence-corrected chi connectivity index (χ4v) is 2.26. The Labute approximate surface area is 130 Å². The van der Waals surface area contributed by atoms with Gasteiger partial charge in [-0.05, 0) is 49.6 Å². The van der Waals surface area contributed by atoms with Crippen molar-refractivity contribution in [2.45, 2.75) is 32.6 Å². The molecular formula is C17H22FN3O. The van der Waals surface area contributed by atoms with E-state index < -0.39 is 0 Å². The van der Waals surface area contributed by atoms with Crippen LogP contribution in [-0.4, -0.2) is 34.6 Å². The molecule has 0 saturated carbocycles.